The molecule has 31 heavy (non-hydrogen) atoms. The van der Waals surface area contributed by atoms with E-state index < -0.39 is 15.9 Å². The van der Waals surface area contributed by atoms with Crippen molar-refractivity contribution in [3.63, 3.8) is 0 Å². The summed E-state index contributed by atoms with van der Waals surface area (Å²) in [7, 11) is -3.71. The second-order valence-electron chi connectivity index (χ2n) is 7.83. The van der Waals surface area contributed by atoms with Crippen LogP contribution in [0.1, 0.15) is 25.3 Å². The van der Waals surface area contributed by atoms with Crippen molar-refractivity contribution >= 4 is 26.8 Å². The number of piperidine rings is 1. The Morgan fingerprint density at radius 1 is 1.19 bits per heavy atom. The van der Waals surface area contributed by atoms with Crippen LogP contribution in [0.25, 0.3) is 10.9 Å². The van der Waals surface area contributed by atoms with Gasteiger partial charge in [-0.05, 0) is 50.1 Å². The van der Waals surface area contributed by atoms with E-state index >= 15 is 0 Å². The summed E-state index contributed by atoms with van der Waals surface area (Å²) >= 11 is 0. The van der Waals surface area contributed by atoms with Gasteiger partial charge in [-0.25, -0.2) is 12.8 Å². The molecule has 1 fully saturated rings. The fourth-order valence-corrected chi connectivity index (χ4v) is 5.67. The van der Waals surface area contributed by atoms with Gasteiger partial charge in [-0.3, -0.25) is 4.79 Å². The van der Waals surface area contributed by atoms with Crippen molar-refractivity contribution in [1.29, 1.82) is 0 Å². The molecule has 164 valence electrons. The van der Waals surface area contributed by atoms with Crippen LogP contribution in [0.5, 0.6) is 0 Å². The van der Waals surface area contributed by atoms with Crippen LogP contribution in [0.3, 0.4) is 0 Å². The third kappa shape index (κ3) is 4.36. The van der Waals surface area contributed by atoms with Gasteiger partial charge in [-0.15, -0.1) is 0 Å². The highest BCUT2D eigenvalue weighted by molar-refractivity contribution is 7.89. The fraction of sp³-hybridized carbons (Fsp3) is 0.348. The van der Waals surface area contributed by atoms with E-state index in [1.807, 2.05) is 25.3 Å². The van der Waals surface area contributed by atoms with Crippen LogP contribution in [-0.2, 0) is 27.9 Å². The molecule has 2 heterocycles. The van der Waals surface area contributed by atoms with Gasteiger partial charge in [0.1, 0.15) is 5.82 Å². The van der Waals surface area contributed by atoms with Crippen molar-refractivity contribution in [1.82, 2.24) is 14.2 Å². The van der Waals surface area contributed by atoms with Gasteiger partial charge >= 0.3 is 0 Å². The Balaban J connectivity index is 1.47. The van der Waals surface area contributed by atoms with E-state index in [1.165, 1.54) is 10.4 Å². The number of sulfonamides is 1. The molecule has 3 aromatic rings. The number of nitrogens with one attached hydrogen (secondary N) is 1. The standard InChI is InChI=1S/C23H26FN3O3S/c1-2-26-13-11-17-14-20(9-10-22(17)26)31(29,30)27-12-5-7-19(16-27)23(28)25-15-18-6-3-4-8-21(18)24/h3-4,6,8-11,13-14,19H,2,5,7,12,15-16H2,1H3,(H,25,28)/t19-/m0/s1. The number of fused-ring (bicyclic) bond motifs is 1. The van der Waals surface area contributed by atoms with Gasteiger partial charge in [0, 0.05) is 48.8 Å². The lowest BCUT2D eigenvalue weighted by Gasteiger charge is -2.31. The lowest BCUT2D eigenvalue weighted by atomic mass is 9.98. The van der Waals surface area contributed by atoms with Crippen molar-refractivity contribution in [3.05, 3.63) is 66.1 Å². The zero-order valence-corrected chi connectivity index (χ0v) is 18.2. The van der Waals surface area contributed by atoms with Crippen molar-refractivity contribution in [2.45, 2.75) is 37.8 Å². The quantitative estimate of drug-likeness (QED) is 0.634. The molecule has 1 aromatic heterocycles. The number of amides is 1. The topological polar surface area (TPSA) is 71.4 Å². The number of hydrogen-bond donors (Lipinski definition) is 1. The number of carbonyl (C=O) groups is 1. The minimum Gasteiger partial charge on any atom is -0.352 e. The maximum Gasteiger partial charge on any atom is 0.243 e. The monoisotopic (exact) mass is 443 g/mol. The average molecular weight is 444 g/mol. The van der Waals surface area contributed by atoms with E-state index in [2.05, 4.69) is 9.88 Å². The minimum absolute atomic E-state index is 0.0832. The number of carbonyl (C=O) groups excluding carboxylic acids is 1. The summed E-state index contributed by atoms with van der Waals surface area (Å²) in [4.78, 5) is 12.9. The molecule has 1 atom stereocenters. The second kappa shape index (κ2) is 8.80. The fourth-order valence-electron chi connectivity index (χ4n) is 4.11. The van der Waals surface area contributed by atoms with E-state index in [0.29, 0.717) is 24.9 Å². The molecule has 0 bridgehead atoms. The molecule has 1 saturated heterocycles. The van der Waals surface area contributed by atoms with Gasteiger partial charge in [0.2, 0.25) is 15.9 Å². The first-order valence-electron chi connectivity index (χ1n) is 10.5. The third-order valence-corrected chi connectivity index (χ3v) is 7.75. The highest BCUT2D eigenvalue weighted by Crippen LogP contribution is 2.27. The number of hydrogen-bond acceptors (Lipinski definition) is 3. The first-order chi connectivity index (χ1) is 14.9. The Kier molecular flexibility index (Phi) is 6.11. The van der Waals surface area contributed by atoms with E-state index in [9.17, 15) is 17.6 Å². The Bertz CT molecular complexity index is 1210. The van der Waals surface area contributed by atoms with E-state index in [4.69, 9.17) is 0 Å². The number of benzene rings is 2. The summed E-state index contributed by atoms with van der Waals surface area (Å²) in [6.07, 6.45) is 3.15. The Hall–Kier alpha value is -2.71. The van der Waals surface area contributed by atoms with E-state index in [1.54, 1.807) is 30.3 Å². The Morgan fingerprint density at radius 2 is 2.00 bits per heavy atom. The third-order valence-electron chi connectivity index (χ3n) is 5.89. The summed E-state index contributed by atoms with van der Waals surface area (Å²) in [6, 6.07) is 13.3. The van der Waals surface area contributed by atoms with Crippen LogP contribution >= 0.6 is 0 Å². The van der Waals surface area contributed by atoms with Crippen LogP contribution in [-0.4, -0.2) is 36.3 Å². The second-order valence-corrected chi connectivity index (χ2v) is 9.77. The van der Waals surface area contributed by atoms with Gasteiger partial charge in [0.05, 0.1) is 10.8 Å². The van der Waals surface area contributed by atoms with Crippen LogP contribution in [0, 0.1) is 11.7 Å². The van der Waals surface area contributed by atoms with Crippen molar-refractivity contribution in [2.75, 3.05) is 13.1 Å². The zero-order chi connectivity index (χ0) is 22.0. The molecule has 8 heteroatoms. The molecule has 0 radical (unpaired) electrons. The smallest absolute Gasteiger partial charge is 0.243 e. The molecule has 4 rings (SSSR count). The molecule has 1 aliphatic rings. The molecule has 2 aromatic carbocycles. The van der Waals surface area contributed by atoms with Crippen LogP contribution in [0.15, 0.2) is 59.6 Å². The maximum absolute atomic E-state index is 13.8. The Morgan fingerprint density at radius 3 is 2.77 bits per heavy atom. The molecular formula is C23H26FN3O3S. The minimum atomic E-state index is -3.71. The largest absolute Gasteiger partial charge is 0.352 e. The normalized spacial score (nSPS) is 17.7. The maximum atomic E-state index is 13.8. The highest BCUT2D eigenvalue weighted by atomic mass is 32.2. The summed E-state index contributed by atoms with van der Waals surface area (Å²) < 4.78 is 43.7. The molecule has 6 nitrogen and oxygen atoms in total. The SMILES string of the molecule is CCn1ccc2cc(S(=O)(=O)N3CCC[C@H](C(=O)NCc4ccccc4F)C3)ccc21. The first kappa shape index (κ1) is 21.5. The zero-order valence-electron chi connectivity index (χ0n) is 17.4. The van der Waals surface area contributed by atoms with Crippen LogP contribution in [0.2, 0.25) is 0 Å². The lowest BCUT2D eigenvalue weighted by Crippen LogP contribution is -2.45. The number of halogens is 1. The predicted molar refractivity (Wildman–Crippen MR) is 117 cm³/mol. The molecule has 0 aliphatic carbocycles. The highest BCUT2D eigenvalue weighted by Gasteiger charge is 2.33. The van der Waals surface area contributed by atoms with Crippen molar-refractivity contribution < 1.29 is 17.6 Å². The van der Waals surface area contributed by atoms with E-state index in [-0.39, 0.29) is 29.7 Å². The lowest BCUT2D eigenvalue weighted by molar-refractivity contribution is -0.126. The number of rotatable bonds is 6. The molecular weight excluding hydrogens is 417 g/mol. The van der Waals surface area contributed by atoms with Crippen molar-refractivity contribution in [3.8, 4) is 0 Å². The summed E-state index contributed by atoms with van der Waals surface area (Å²) in [5.41, 5.74) is 1.40. The van der Waals surface area contributed by atoms with Gasteiger partial charge in [0.25, 0.3) is 0 Å². The van der Waals surface area contributed by atoms with Crippen molar-refractivity contribution in [2.24, 2.45) is 5.92 Å². The molecule has 1 N–H and O–H groups in total. The Labute approximate surface area is 181 Å². The summed E-state index contributed by atoms with van der Waals surface area (Å²) in [5, 5.41) is 3.63. The van der Waals surface area contributed by atoms with Gasteiger partial charge in [0.15, 0.2) is 0 Å². The molecule has 1 aliphatic heterocycles. The average Bonchev–Trinajstić information content (AvgIpc) is 3.21. The predicted octanol–water partition coefficient (Wildman–Crippen LogP) is 3.52. The summed E-state index contributed by atoms with van der Waals surface area (Å²) in [6.45, 7) is 3.44. The number of nitrogens with zero attached hydrogens (tertiary/aromatic N) is 2. The van der Waals surface area contributed by atoms with Gasteiger partial charge in [-0.1, -0.05) is 18.2 Å². The van der Waals surface area contributed by atoms with Crippen LogP contribution < -0.4 is 5.32 Å². The molecule has 0 saturated carbocycles. The van der Waals surface area contributed by atoms with E-state index in [0.717, 1.165) is 17.4 Å². The molecule has 1 amide bonds. The van der Waals surface area contributed by atoms with Gasteiger partial charge < -0.3 is 9.88 Å². The number of aromatic nitrogens is 1. The van der Waals surface area contributed by atoms with Gasteiger partial charge in [-0.2, -0.15) is 4.31 Å². The number of aryl methyl sites for hydroxylation is 1. The van der Waals surface area contributed by atoms with Crippen LogP contribution in [0.4, 0.5) is 4.39 Å². The summed E-state index contributed by atoms with van der Waals surface area (Å²) in [5.74, 6) is -1.08. The molecule has 0 spiro atoms. The first-order valence-corrected chi connectivity index (χ1v) is 11.9. The molecule has 0 unspecified atom stereocenters.